The van der Waals surface area contributed by atoms with E-state index < -0.39 is 0 Å². The topological polar surface area (TPSA) is 63.2 Å². The lowest BCUT2D eigenvalue weighted by molar-refractivity contribution is -0.141. The summed E-state index contributed by atoms with van der Waals surface area (Å²) in [6.07, 6.45) is 3.64. The molecular weight excluding hydrogens is 372 g/mol. The van der Waals surface area contributed by atoms with Crippen LogP contribution in [-0.2, 0) is 14.3 Å². The van der Waals surface area contributed by atoms with Crippen molar-refractivity contribution in [1.29, 1.82) is 0 Å². The second kappa shape index (κ2) is 9.47. The summed E-state index contributed by atoms with van der Waals surface area (Å²) in [6, 6.07) is 11.7. The molecule has 1 aliphatic rings. The second-order valence-electron chi connectivity index (χ2n) is 6.72. The molecular formula is C23H26O6. The highest BCUT2D eigenvalue weighted by Gasteiger charge is 2.37. The lowest BCUT2D eigenvalue weighted by atomic mass is 9.90. The van der Waals surface area contributed by atoms with Gasteiger partial charge in [0, 0.05) is 19.6 Å². The van der Waals surface area contributed by atoms with E-state index in [0.29, 0.717) is 18.1 Å². The van der Waals surface area contributed by atoms with E-state index in [0.717, 1.165) is 22.4 Å². The maximum atomic E-state index is 11.5. The highest BCUT2D eigenvalue weighted by Crippen LogP contribution is 2.47. The minimum absolute atomic E-state index is 0.136. The summed E-state index contributed by atoms with van der Waals surface area (Å²) < 4.78 is 27.4. The van der Waals surface area contributed by atoms with Gasteiger partial charge in [-0.1, -0.05) is 24.3 Å². The summed E-state index contributed by atoms with van der Waals surface area (Å²) >= 11 is 0. The maximum Gasteiger partial charge on any atom is 0.302 e. The van der Waals surface area contributed by atoms with Crippen LogP contribution in [0, 0.1) is 0 Å². The van der Waals surface area contributed by atoms with Crippen molar-refractivity contribution in [2.24, 2.45) is 0 Å². The van der Waals surface area contributed by atoms with Gasteiger partial charge in [0.1, 0.15) is 18.5 Å². The summed E-state index contributed by atoms with van der Waals surface area (Å²) in [5, 5.41) is 0. The van der Waals surface area contributed by atoms with Crippen LogP contribution < -0.4 is 14.2 Å². The number of esters is 1. The average molecular weight is 398 g/mol. The lowest BCUT2D eigenvalue weighted by Crippen LogP contribution is -2.17. The van der Waals surface area contributed by atoms with Crippen LogP contribution in [0.15, 0.2) is 42.5 Å². The van der Waals surface area contributed by atoms with Crippen molar-refractivity contribution in [3.63, 3.8) is 0 Å². The number of hydrogen-bond acceptors (Lipinski definition) is 6. The minimum atomic E-state index is -0.319. The van der Waals surface area contributed by atoms with Crippen molar-refractivity contribution in [3.8, 4) is 17.2 Å². The van der Waals surface area contributed by atoms with Gasteiger partial charge < -0.3 is 23.7 Å². The third-order valence-corrected chi connectivity index (χ3v) is 4.83. The van der Waals surface area contributed by atoms with Crippen molar-refractivity contribution in [2.45, 2.75) is 18.9 Å². The first kappa shape index (κ1) is 20.7. The van der Waals surface area contributed by atoms with Crippen LogP contribution in [0.25, 0.3) is 6.08 Å². The second-order valence-corrected chi connectivity index (χ2v) is 6.72. The Morgan fingerprint density at radius 2 is 1.86 bits per heavy atom. The number of carbonyl (C=O) groups is 1. The van der Waals surface area contributed by atoms with Gasteiger partial charge in [-0.2, -0.15) is 0 Å². The normalized spacial score (nSPS) is 17.7. The third-order valence-electron chi connectivity index (χ3n) is 4.83. The first-order valence-electron chi connectivity index (χ1n) is 9.38. The van der Waals surface area contributed by atoms with E-state index in [9.17, 15) is 4.79 Å². The molecule has 0 aromatic heterocycles. The highest BCUT2D eigenvalue weighted by molar-refractivity contribution is 5.66. The molecule has 3 rings (SSSR count). The molecule has 0 bridgehead atoms. The van der Waals surface area contributed by atoms with Crippen LogP contribution in [0.3, 0.4) is 0 Å². The van der Waals surface area contributed by atoms with Crippen LogP contribution >= 0.6 is 0 Å². The van der Waals surface area contributed by atoms with Gasteiger partial charge in [-0.15, -0.1) is 0 Å². The number of methoxy groups -OCH3 is 3. The molecule has 154 valence electrons. The standard InChI is InChI=1S/C23H26O6/c1-15(24)28-14-19-18-12-16(6-5-11-25-2)7-9-20(18)29-23(19)17-8-10-21(26-3)22(13-17)27-4/h5-10,12-13,19,23H,11,14H2,1-4H3/b6-5+/t19-,23-/m0/s1. The van der Waals surface area contributed by atoms with E-state index in [-0.39, 0.29) is 24.6 Å². The molecule has 0 spiro atoms. The molecule has 0 saturated heterocycles. The molecule has 0 fully saturated rings. The SMILES string of the molecule is COC/C=C/c1ccc2c(c1)[C@H](COC(C)=O)[C@H](c1ccc(OC)c(OC)c1)O2. The average Bonchev–Trinajstić information content (AvgIpc) is 3.09. The molecule has 2 atom stereocenters. The molecule has 6 heteroatoms. The number of fused-ring (bicyclic) bond motifs is 1. The van der Waals surface area contributed by atoms with Gasteiger partial charge in [-0.3, -0.25) is 4.79 Å². The zero-order valence-electron chi connectivity index (χ0n) is 17.1. The summed E-state index contributed by atoms with van der Waals surface area (Å²) in [5.41, 5.74) is 2.96. The highest BCUT2D eigenvalue weighted by atomic mass is 16.5. The van der Waals surface area contributed by atoms with E-state index in [1.807, 2.05) is 42.5 Å². The monoisotopic (exact) mass is 398 g/mol. The van der Waals surface area contributed by atoms with E-state index >= 15 is 0 Å². The van der Waals surface area contributed by atoms with E-state index in [1.165, 1.54) is 6.92 Å². The molecule has 0 N–H and O–H groups in total. The Labute approximate surface area is 171 Å². The van der Waals surface area contributed by atoms with Crippen molar-refractivity contribution in [1.82, 2.24) is 0 Å². The fourth-order valence-electron chi connectivity index (χ4n) is 3.44. The number of benzene rings is 2. The maximum absolute atomic E-state index is 11.5. The van der Waals surface area contributed by atoms with Crippen LogP contribution in [0.2, 0.25) is 0 Å². The Hall–Kier alpha value is -2.99. The number of hydrogen-bond donors (Lipinski definition) is 0. The number of ether oxygens (including phenoxy) is 5. The first-order chi connectivity index (χ1) is 14.1. The van der Waals surface area contributed by atoms with Crippen LogP contribution in [0.5, 0.6) is 17.2 Å². The molecule has 1 heterocycles. The molecule has 2 aromatic carbocycles. The van der Waals surface area contributed by atoms with Gasteiger partial charge in [0.25, 0.3) is 0 Å². The Morgan fingerprint density at radius 1 is 1.07 bits per heavy atom. The van der Waals surface area contributed by atoms with Crippen molar-refractivity contribution in [3.05, 3.63) is 59.2 Å². The van der Waals surface area contributed by atoms with Gasteiger partial charge in [0.05, 0.1) is 26.7 Å². The van der Waals surface area contributed by atoms with Crippen LogP contribution in [0.1, 0.15) is 35.6 Å². The van der Waals surface area contributed by atoms with E-state index in [4.69, 9.17) is 23.7 Å². The Morgan fingerprint density at radius 3 is 2.55 bits per heavy atom. The smallest absolute Gasteiger partial charge is 0.302 e. The Bertz CT molecular complexity index is 889. The van der Waals surface area contributed by atoms with Gasteiger partial charge >= 0.3 is 5.97 Å². The molecule has 0 aliphatic carbocycles. The van der Waals surface area contributed by atoms with E-state index in [1.54, 1.807) is 21.3 Å². The van der Waals surface area contributed by atoms with Crippen molar-refractivity contribution in [2.75, 3.05) is 34.5 Å². The number of rotatable bonds is 8. The molecule has 0 radical (unpaired) electrons. The minimum Gasteiger partial charge on any atom is -0.493 e. The van der Waals surface area contributed by atoms with Crippen molar-refractivity contribution >= 4 is 12.0 Å². The Balaban J connectivity index is 1.95. The van der Waals surface area contributed by atoms with Gasteiger partial charge in [-0.05, 0) is 35.4 Å². The summed E-state index contributed by atoms with van der Waals surface area (Å²) in [4.78, 5) is 11.5. The molecule has 29 heavy (non-hydrogen) atoms. The first-order valence-corrected chi connectivity index (χ1v) is 9.38. The molecule has 0 amide bonds. The number of carbonyl (C=O) groups excluding carboxylic acids is 1. The van der Waals surface area contributed by atoms with Gasteiger partial charge in [-0.25, -0.2) is 0 Å². The zero-order valence-corrected chi connectivity index (χ0v) is 17.1. The molecule has 2 aromatic rings. The summed E-state index contributed by atoms with van der Waals surface area (Å²) in [6.45, 7) is 2.18. The molecule has 0 unspecified atom stereocenters. The van der Waals surface area contributed by atoms with E-state index in [2.05, 4.69) is 6.07 Å². The van der Waals surface area contributed by atoms with Crippen LogP contribution in [0.4, 0.5) is 0 Å². The lowest BCUT2D eigenvalue weighted by Gasteiger charge is -2.20. The molecule has 1 aliphatic heterocycles. The molecule has 6 nitrogen and oxygen atoms in total. The fourth-order valence-corrected chi connectivity index (χ4v) is 3.44. The summed E-state index contributed by atoms with van der Waals surface area (Å²) in [5.74, 6) is 1.60. The largest absolute Gasteiger partial charge is 0.493 e. The van der Waals surface area contributed by atoms with Crippen LogP contribution in [-0.4, -0.2) is 40.5 Å². The summed E-state index contributed by atoms with van der Waals surface area (Å²) in [7, 11) is 4.85. The van der Waals surface area contributed by atoms with Gasteiger partial charge in [0.2, 0.25) is 0 Å². The zero-order chi connectivity index (χ0) is 20.8. The predicted molar refractivity (Wildman–Crippen MR) is 110 cm³/mol. The van der Waals surface area contributed by atoms with Gasteiger partial charge in [0.15, 0.2) is 11.5 Å². The quantitative estimate of drug-likeness (QED) is 0.623. The fraction of sp³-hybridized carbons (Fsp3) is 0.348. The predicted octanol–water partition coefficient (Wildman–Crippen LogP) is 4.14. The van der Waals surface area contributed by atoms with Crippen molar-refractivity contribution < 1.29 is 28.5 Å². The Kier molecular flexibility index (Phi) is 6.77. The third kappa shape index (κ3) is 4.71. The molecule has 0 saturated carbocycles.